The molecule has 4 nitrogen and oxygen atoms in total. The number of methoxy groups -OCH3 is 2. The first kappa shape index (κ1) is 15.1. The Labute approximate surface area is 120 Å². The monoisotopic (exact) mass is 280 g/mol. The average Bonchev–Trinajstić information content (AvgIpc) is 3.08. The zero-order chi connectivity index (χ0) is 15.1. The second-order valence-corrected chi connectivity index (χ2v) is 5.70. The van der Waals surface area contributed by atoms with Crippen molar-refractivity contribution in [3.05, 3.63) is 22.3 Å². The fourth-order valence-electron chi connectivity index (χ4n) is 2.86. The highest BCUT2D eigenvalue weighted by atomic mass is 16.6. The highest BCUT2D eigenvalue weighted by molar-refractivity contribution is 5.58. The lowest BCUT2D eigenvalue weighted by molar-refractivity contribution is 0.184. The van der Waals surface area contributed by atoms with Crippen LogP contribution in [0.4, 0.5) is 0 Å². The molecule has 0 spiro atoms. The van der Waals surface area contributed by atoms with Crippen LogP contribution in [0.5, 0.6) is 11.5 Å². The highest BCUT2D eigenvalue weighted by Gasteiger charge is 2.52. The Morgan fingerprint density at radius 3 is 2.05 bits per heavy atom. The Balaban J connectivity index is 2.44. The van der Waals surface area contributed by atoms with Gasteiger partial charge in [-0.1, -0.05) is 0 Å². The predicted molar refractivity (Wildman–Crippen MR) is 77.8 cm³/mol. The van der Waals surface area contributed by atoms with Gasteiger partial charge in [0, 0.05) is 12.0 Å². The van der Waals surface area contributed by atoms with E-state index in [4.69, 9.17) is 14.2 Å². The predicted octanol–water partition coefficient (Wildman–Crippen LogP) is 2.32. The number of ether oxygens (including phenoxy) is 3. The lowest BCUT2D eigenvalue weighted by atomic mass is 9.92. The van der Waals surface area contributed by atoms with Gasteiger partial charge in [-0.25, -0.2) is 0 Å². The van der Waals surface area contributed by atoms with E-state index in [1.807, 2.05) is 27.7 Å². The van der Waals surface area contributed by atoms with Crippen LogP contribution in [0.25, 0.3) is 0 Å². The fourth-order valence-corrected chi connectivity index (χ4v) is 2.86. The largest absolute Gasteiger partial charge is 0.496 e. The van der Waals surface area contributed by atoms with E-state index in [0.717, 1.165) is 40.2 Å². The van der Waals surface area contributed by atoms with Crippen LogP contribution in [0.3, 0.4) is 0 Å². The summed E-state index contributed by atoms with van der Waals surface area (Å²) in [5, 5.41) is 9.33. The second kappa shape index (κ2) is 5.26. The van der Waals surface area contributed by atoms with Gasteiger partial charge in [0.25, 0.3) is 0 Å². The van der Waals surface area contributed by atoms with Crippen LogP contribution >= 0.6 is 0 Å². The van der Waals surface area contributed by atoms with Gasteiger partial charge in [-0.3, -0.25) is 0 Å². The molecule has 1 heterocycles. The van der Waals surface area contributed by atoms with Crippen molar-refractivity contribution < 1.29 is 19.3 Å². The zero-order valence-corrected chi connectivity index (χ0v) is 13.2. The van der Waals surface area contributed by atoms with Gasteiger partial charge in [0.1, 0.15) is 17.1 Å². The SMILES string of the molecule is COc1c(C)c(C)c(OC)c(C[C@H]2O[C@]2(C)CO)c1C. The molecule has 20 heavy (non-hydrogen) atoms. The minimum atomic E-state index is -0.413. The highest BCUT2D eigenvalue weighted by Crippen LogP contribution is 2.43. The van der Waals surface area contributed by atoms with Crippen molar-refractivity contribution in [2.75, 3.05) is 20.8 Å². The number of hydrogen-bond donors (Lipinski definition) is 1. The quantitative estimate of drug-likeness (QED) is 0.841. The maximum Gasteiger partial charge on any atom is 0.125 e. The smallest absolute Gasteiger partial charge is 0.125 e. The molecule has 0 unspecified atom stereocenters. The van der Waals surface area contributed by atoms with Gasteiger partial charge >= 0.3 is 0 Å². The Bertz CT molecular complexity index is 524. The van der Waals surface area contributed by atoms with Crippen LogP contribution in [0.2, 0.25) is 0 Å². The molecule has 4 heteroatoms. The molecule has 0 bridgehead atoms. The van der Waals surface area contributed by atoms with Crippen molar-refractivity contribution in [3.63, 3.8) is 0 Å². The molecule has 1 N–H and O–H groups in total. The summed E-state index contributed by atoms with van der Waals surface area (Å²) in [5.41, 5.74) is 3.98. The van der Waals surface area contributed by atoms with Gasteiger partial charge in [0.2, 0.25) is 0 Å². The van der Waals surface area contributed by atoms with E-state index in [9.17, 15) is 5.11 Å². The molecular weight excluding hydrogens is 256 g/mol. The van der Waals surface area contributed by atoms with Crippen molar-refractivity contribution in [1.82, 2.24) is 0 Å². The molecule has 1 aromatic rings. The van der Waals surface area contributed by atoms with Crippen molar-refractivity contribution in [1.29, 1.82) is 0 Å². The third-order valence-corrected chi connectivity index (χ3v) is 4.46. The van der Waals surface area contributed by atoms with E-state index >= 15 is 0 Å². The molecule has 2 rings (SSSR count). The fraction of sp³-hybridized carbons (Fsp3) is 0.625. The van der Waals surface area contributed by atoms with Gasteiger partial charge in [-0.15, -0.1) is 0 Å². The molecule has 0 radical (unpaired) electrons. The van der Waals surface area contributed by atoms with E-state index in [1.165, 1.54) is 0 Å². The van der Waals surface area contributed by atoms with E-state index in [2.05, 4.69) is 0 Å². The molecule has 0 amide bonds. The summed E-state index contributed by atoms with van der Waals surface area (Å²) in [6.45, 7) is 8.10. The van der Waals surface area contributed by atoms with Crippen molar-refractivity contribution in [2.24, 2.45) is 0 Å². The summed E-state index contributed by atoms with van der Waals surface area (Å²) in [5.74, 6) is 1.81. The summed E-state index contributed by atoms with van der Waals surface area (Å²) in [6.07, 6.45) is 0.760. The molecule has 1 aliphatic rings. The van der Waals surface area contributed by atoms with Crippen LogP contribution in [0, 0.1) is 20.8 Å². The number of hydrogen-bond acceptors (Lipinski definition) is 4. The normalized spacial score (nSPS) is 24.6. The van der Waals surface area contributed by atoms with Crippen LogP contribution in [0.1, 0.15) is 29.2 Å². The molecule has 1 fully saturated rings. The van der Waals surface area contributed by atoms with Gasteiger partial charge in [0.05, 0.1) is 26.9 Å². The first-order chi connectivity index (χ1) is 9.39. The van der Waals surface area contributed by atoms with E-state index in [-0.39, 0.29) is 12.7 Å². The Morgan fingerprint density at radius 1 is 1.05 bits per heavy atom. The van der Waals surface area contributed by atoms with Gasteiger partial charge < -0.3 is 19.3 Å². The maximum absolute atomic E-state index is 9.33. The topological polar surface area (TPSA) is 51.2 Å². The zero-order valence-electron chi connectivity index (χ0n) is 13.2. The Hall–Kier alpha value is -1.26. The Kier molecular flexibility index (Phi) is 3.98. The molecule has 0 aliphatic carbocycles. The number of epoxide rings is 1. The molecule has 1 saturated heterocycles. The third kappa shape index (κ3) is 2.27. The van der Waals surface area contributed by atoms with Crippen molar-refractivity contribution >= 4 is 0 Å². The van der Waals surface area contributed by atoms with Crippen LogP contribution in [0.15, 0.2) is 0 Å². The maximum atomic E-state index is 9.33. The molecule has 0 saturated carbocycles. The second-order valence-electron chi connectivity index (χ2n) is 5.70. The van der Waals surface area contributed by atoms with Crippen LogP contribution in [-0.4, -0.2) is 37.6 Å². The summed E-state index contributed by atoms with van der Waals surface area (Å²) >= 11 is 0. The molecule has 0 aromatic heterocycles. The first-order valence-corrected chi connectivity index (χ1v) is 6.88. The summed E-state index contributed by atoms with van der Waals surface area (Å²) in [6, 6.07) is 0. The summed E-state index contributed by atoms with van der Waals surface area (Å²) < 4.78 is 16.7. The summed E-state index contributed by atoms with van der Waals surface area (Å²) in [4.78, 5) is 0. The van der Waals surface area contributed by atoms with E-state index in [1.54, 1.807) is 14.2 Å². The molecule has 1 aliphatic heterocycles. The van der Waals surface area contributed by atoms with Crippen molar-refractivity contribution in [3.8, 4) is 11.5 Å². The number of aliphatic hydroxyl groups excluding tert-OH is 1. The van der Waals surface area contributed by atoms with E-state index in [0.29, 0.717) is 0 Å². The average molecular weight is 280 g/mol. The summed E-state index contributed by atoms with van der Waals surface area (Å²) in [7, 11) is 3.38. The Morgan fingerprint density at radius 2 is 1.60 bits per heavy atom. The first-order valence-electron chi connectivity index (χ1n) is 6.88. The van der Waals surface area contributed by atoms with Crippen LogP contribution in [-0.2, 0) is 11.2 Å². The lowest BCUT2D eigenvalue weighted by Crippen LogP contribution is -2.17. The number of benzene rings is 1. The van der Waals surface area contributed by atoms with E-state index < -0.39 is 5.60 Å². The third-order valence-electron chi connectivity index (χ3n) is 4.46. The molecule has 112 valence electrons. The minimum Gasteiger partial charge on any atom is -0.496 e. The van der Waals surface area contributed by atoms with Gasteiger partial charge in [0.15, 0.2) is 0 Å². The van der Waals surface area contributed by atoms with Crippen LogP contribution < -0.4 is 9.47 Å². The van der Waals surface area contributed by atoms with Gasteiger partial charge in [-0.05, 0) is 44.4 Å². The van der Waals surface area contributed by atoms with Gasteiger partial charge in [-0.2, -0.15) is 0 Å². The number of rotatable bonds is 5. The lowest BCUT2D eigenvalue weighted by Gasteiger charge is -2.20. The standard InChI is InChI=1S/C16H24O4/c1-9-10(2)15(19-6)12(11(3)14(9)18-5)7-13-16(4,8-17)20-13/h13,17H,7-8H2,1-6H3/t13-,16-/m1/s1. The van der Waals surface area contributed by atoms with Crippen molar-refractivity contribution in [2.45, 2.75) is 45.8 Å². The number of aliphatic hydroxyl groups is 1. The molecule has 2 atom stereocenters. The molecular formula is C16H24O4. The minimum absolute atomic E-state index is 0.0342. The molecule has 1 aromatic carbocycles.